The molecular weight excluding hydrogens is 398 g/mol. The zero-order valence-corrected chi connectivity index (χ0v) is 17.9. The number of aliphatic hydroxyl groups excluding tert-OH is 1. The van der Waals surface area contributed by atoms with Gasteiger partial charge >= 0.3 is 0 Å². The van der Waals surface area contributed by atoms with E-state index >= 15 is 0 Å². The first-order valence-corrected chi connectivity index (χ1v) is 11.0. The number of fused-ring (bicyclic) bond motifs is 1. The van der Waals surface area contributed by atoms with Crippen molar-refractivity contribution in [3.8, 4) is 5.75 Å². The average molecular weight is 426 g/mol. The van der Waals surface area contributed by atoms with Crippen LogP contribution in [0, 0.1) is 0 Å². The van der Waals surface area contributed by atoms with Gasteiger partial charge in [-0.05, 0) is 34.9 Å². The number of ether oxygens (including phenoxy) is 1. The lowest BCUT2D eigenvalue weighted by molar-refractivity contribution is 0.159. The van der Waals surface area contributed by atoms with Crippen LogP contribution < -0.4 is 4.74 Å². The summed E-state index contributed by atoms with van der Waals surface area (Å²) in [5.41, 5.74) is 5.27. The van der Waals surface area contributed by atoms with Gasteiger partial charge in [0.25, 0.3) is 0 Å². The van der Waals surface area contributed by atoms with Gasteiger partial charge in [-0.25, -0.2) is 0 Å². The molecule has 1 aromatic heterocycles. The third-order valence-electron chi connectivity index (χ3n) is 6.07. The lowest BCUT2D eigenvalue weighted by Crippen LogP contribution is -2.25. The van der Waals surface area contributed by atoms with Gasteiger partial charge in [-0.2, -0.15) is 5.10 Å². The highest BCUT2D eigenvalue weighted by molar-refractivity contribution is 5.42. The van der Waals surface area contributed by atoms with E-state index in [1.807, 2.05) is 54.6 Å². The van der Waals surface area contributed by atoms with Crippen LogP contribution in [0.15, 0.2) is 91.1 Å². The van der Waals surface area contributed by atoms with E-state index in [1.54, 1.807) is 6.20 Å². The zero-order valence-electron chi connectivity index (χ0n) is 17.9. The standard InChI is InChI=1S/C27H27N3O2/c31-27(26(20-7-3-1-4-8-20)21-9-5-2-6-10-21)22-11-12-25-23(17-22)18-30(15-16-32-25)19-24-13-14-28-29-24/h1-14,17,26-27,31H,15-16,18-19H2,(H,28,29)/t27-/m1/s1. The van der Waals surface area contributed by atoms with Crippen molar-refractivity contribution in [2.24, 2.45) is 0 Å². The quantitative estimate of drug-likeness (QED) is 0.471. The monoisotopic (exact) mass is 425 g/mol. The SMILES string of the molecule is O[C@H](c1ccc2c(c1)CN(Cc1ccn[nH]1)CCO2)C(c1ccccc1)c1ccccc1. The van der Waals surface area contributed by atoms with Crippen LogP contribution in [0.5, 0.6) is 5.75 Å². The van der Waals surface area contributed by atoms with Crippen molar-refractivity contribution in [1.29, 1.82) is 0 Å². The van der Waals surface area contributed by atoms with E-state index in [2.05, 4.69) is 45.4 Å². The Kier molecular flexibility index (Phi) is 6.01. The van der Waals surface area contributed by atoms with Crippen LogP contribution >= 0.6 is 0 Å². The molecule has 0 saturated heterocycles. The molecule has 32 heavy (non-hydrogen) atoms. The number of benzene rings is 3. The number of aromatic nitrogens is 2. The summed E-state index contributed by atoms with van der Waals surface area (Å²) in [6.45, 7) is 3.02. The van der Waals surface area contributed by atoms with E-state index in [1.165, 1.54) is 0 Å². The highest BCUT2D eigenvalue weighted by Gasteiger charge is 2.26. The number of aliphatic hydroxyl groups is 1. The largest absolute Gasteiger partial charge is 0.492 e. The smallest absolute Gasteiger partial charge is 0.123 e. The van der Waals surface area contributed by atoms with Crippen molar-refractivity contribution in [3.05, 3.63) is 119 Å². The van der Waals surface area contributed by atoms with Crippen molar-refractivity contribution >= 4 is 0 Å². The van der Waals surface area contributed by atoms with Gasteiger partial charge in [-0.15, -0.1) is 0 Å². The molecule has 4 aromatic rings. The molecule has 162 valence electrons. The summed E-state index contributed by atoms with van der Waals surface area (Å²) >= 11 is 0. The van der Waals surface area contributed by atoms with E-state index in [9.17, 15) is 5.11 Å². The molecule has 0 fully saturated rings. The number of hydrogen-bond donors (Lipinski definition) is 2. The molecule has 0 aliphatic carbocycles. The third-order valence-corrected chi connectivity index (χ3v) is 6.07. The van der Waals surface area contributed by atoms with Gasteiger partial charge in [0, 0.05) is 43.0 Å². The maximum atomic E-state index is 11.6. The molecule has 2 N–H and O–H groups in total. The molecule has 5 rings (SSSR count). The Morgan fingerprint density at radius 1 is 0.906 bits per heavy atom. The Bertz CT molecular complexity index is 1090. The molecule has 3 aromatic carbocycles. The fourth-order valence-electron chi connectivity index (χ4n) is 4.47. The Morgan fingerprint density at radius 2 is 1.62 bits per heavy atom. The fraction of sp³-hybridized carbons (Fsp3) is 0.222. The molecule has 5 nitrogen and oxygen atoms in total. The van der Waals surface area contributed by atoms with Crippen molar-refractivity contribution in [1.82, 2.24) is 15.1 Å². The van der Waals surface area contributed by atoms with E-state index in [0.29, 0.717) is 6.61 Å². The van der Waals surface area contributed by atoms with Crippen LogP contribution in [0.2, 0.25) is 0 Å². The lowest BCUT2D eigenvalue weighted by atomic mass is 9.83. The molecule has 0 saturated carbocycles. The summed E-state index contributed by atoms with van der Waals surface area (Å²) < 4.78 is 6.01. The molecule has 1 aliphatic heterocycles. The van der Waals surface area contributed by atoms with Gasteiger partial charge in [0.2, 0.25) is 0 Å². The number of H-pyrrole nitrogens is 1. The van der Waals surface area contributed by atoms with Gasteiger partial charge in [-0.1, -0.05) is 66.7 Å². The van der Waals surface area contributed by atoms with Crippen LogP contribution in [0.25, 0.3) is 0 Å². The minimum absolute atomic E-state index is 0.150. The molecule has 0 radical (unpaired) electrons. The van der Waals surface area contributed by atoms with Gasteiger partial charge < -0.3 is 9.84 Å². The highest BCUT2D eigenvalue weighted by Crippen LogP contribution is 2.38. The zero-order chi connectivity index (χ0) is 21.8. The van der Waals surface area contributed by atoms with Crippen molar-refractivity contribution in [2.45, 2.75) is 25.1 Å². The topological polar surface area (TPSA) is 61.4 Å². The highest BCUT2D eigenvalue weighted by atomic mass is 16.5. The third kappa shape index (κ3) is 4.44. The molecule has 0 amide bonds. The summed E-state index contributed by atoms with van der Waals surface area (Å²) in [6, 6.07) is 28.5. The van der Waals surface area contributed by atoms with Crippen LogP contribution in [0.4, 0.5) is 0 Å². The number of rotatable bonds is 6. The van der Waals surface area contributed by atoms with Gasteiger partial charge in [-0.3, -0.25) is 10.00 Å². The van der Waals surface area contributed by atoms with Crippen molar-refractivity contribution < 1.29 is 9.84 Å². The fourth-order valence-corrected chi connectivity index (χ4v) is 4.47. The minimum Gasteiger partial charge on any atom is -0.492 e. The summed E-state index contributed by atoms with van der Waals surface area (Å²) in [7, 11) is 0. The maximum absolute atomic E-state index is 11.6. The van der Waals surface area contributed by atoms with E-state index < -0.39 is 6.10 Å². The molecule has 1 aliphatic rings. The second-order valence-corrected chi connectivity index (χ2v) is 8.25. The normalized spacial score (nSPS) is 15.1. The average Bonchev–Trinajstić information content (AvgIpc) is 3.26. The lowest BCUT2D eigenvalue weighted by Gasteiger charge is -2.25. The molecular formula is C27H27N3O2. The molecule has 1 atom stereocenters. The van der Waals surface area contributed by atoms with Crippen molar-refractivity contribution in [2.75, 3.05) is 13.2 Å². The Labute approximate surface area is 188 Å². The Morgan fingerprint density at radius 3 is 2.28 bits per heavy atom. The minimum atomic E-state index is -0.672. The second kappa shape index (κ2) is 9.39. The second-order valence-electron chi connectivity index (χ2n) is 8.25. The summed E-state index contributed by atoms with van der Waals surface area (Å²) in [4.78, 5) is 2.33. The van der Waals surface area contributed by atoms with Crippen molar-refractivity contribution in [3.63, 3.8) is 0 Å². The maximum Gasteiger partial charge on any atom is 0.123 e. The predicted molar refractivity (Wildman–Crippen MR) is 124 cm³/mol. The van der Waals surface area contributed by atoms with E-state index in [4.69, 9.17) is 4.74 Å². The first-order valence-electron chi connectivity index (χ1n) is 11.0. The number of aromatic amines is 1. The first kappa shape index (κ1) is 20.5. The molecule has 0 bridgehead atoms. The summed E-state index contributed by atoms with van der Waals surface area (Å²) in [5, 5.41) is 18.7. The van der Waals surface area contributed by atoms with Gasteiger partial charge in [0.05, 0.1) is 6.10 Å². The van der Waals surface area contributed by atoms with Gasteiger partial charge in [0.15, 0.2) is 0 Å². The van der Waals surface area contributed by atoms with Crippen LogP contribution in [0.1, 0.15) is 40.0 Å². The van der Waals surface area contributed by atoms with Crippen LogP contribution in [-0.4, -0.2) is 33.4 Å². The molecule has 2 heterocycles. The van der Waals surface area contributed by atoms with Crippen LogP contribution in [-0.2, 0) is 13.1 Å². The first-order chi connectivity index (χ1) is 15.8. The van der Waals surface area contributed by atoms with Crippen LogP contribution in [0.3, 0.4) is 0 Å². The van der Waals surface area contributed by atoms with E-state index in [-0.39, 0.29) is 5.92 Å². The van der Waals surface area contributed by atoms with Gasteiger partial charge in [0.1, 0.15) is 12.4 Å². The predicted octanol–water partition coefficient (Wildman–Crippen LogP) is 4.67. The molecule has 0 unspecified atom stereocenters. The Hall–Kier alpha value is -3.41. The summed E-state index contributed by atoms with van der Waals surface area (Å²) in [5.74, 6) is 0.743. The summed E-state index contributed by atoms with van der Waals surface area (Å²) in [6.07, 6.45) is 1.11. The Balaban J connectivity index is 1.45. The number of nitrogens with zero attached hydrogens (tertiary/aromatic N) is 2. The molecule has 0 spiro atoms. The molecule has 5 heteroatoms. The number of nitrogens with one attached hydrogen (secondary N) is 1. The number of hydrogen-bond acceptors (Lipinski definition) is 4. The van der Waals surface area contributed by atoms with E-state index in [0.717, 1.165) is 53.3 Å².